The van der Waals surface area contributed by atoms with E-state index in [1.165, 1.54) is 13.2 Å². The number of rotatable bonds is 4. The van der Waals surface area contributed by atoms with E-state index < -0.39 is 11.9 Å². The number of nitrogens with two attached hydrogens (primary N) is 1. The van der Waals surface area contributed by atoms with Crippen LogP contribution in [0.2, 0.25) is 0 Å². The quantitative estimate of drug-likeness (QED) is 0.885. The molecular weight excluding hydrogens is 265 g/mol. The molecule has 0 aliphatic carbocycles. The van der Waals surface area contributed by atoms with Gasteiger partial charge in [-0.3, -0.25) is 0 Å². The Balaban J connectivity index is 3.13. The first kappa shape index (κ1) is 12.4. The Kier molecular flexibility index (Phi) is 4.50. The van der Waals surface area contributed by atoms with Crippen molar-refractivity contribution in [1.82, 2.24) is 0 Å². The summed E-state index contributed by atoms with van der Waals surface area (Å²) < 4.78 is 18.9. The van der Waals surface area contributed by atoms with Gasteiger partial charge in [0, 0.05) is 10.0 Å². The summed E-state index contributed by atoms with van der Waals surface area (Å²) in [6.45, 7) is 0.332. The fourth-order valence-electron chi connectivity index (χ4n) is 1.36. The maximum absolute atomic E-state index is 13.4. The van der Waals surface area contributed by atoms with E-state index in [4.69, 9.17) is 10.5 Å². The van der Waals surface area contributed by atoms with E-state index in [2.05, 4.69) is 15.9 Å². The van der Waals surface area contributed by atoms with Gasteiger partial charge in [0.2, 0.25) is 0 Å². The van der Waals surface area contributed by atoms with Crippen molar-refractivity contribution in [2.75, 3.05) is 13.7 Å². The molecule has 0 aliphatic heterocycles. The van der Waals surface area contributed by atoms with Crippen molar-refractivity contribution in [3.63, 3.8) is 0 Å². The molecule has 1 atom stereocenters. The molecule has 0 unspecified atom stereocenters. The van der Waals surface area contributed by atoms with Gasteiger partial charge in [-0.15, -0.1) is 0 Å². The first-order chi connectivity index (χ1) is 7.10. The molecule has 84 valence electrons. The van der Waals surface area contributed by atoms with Crippen molar-refractivity contribution in [3.8, 4) is 5.75 Å². The highest BCUT2D eigenvalue weighted by atomic mass is 79.9. The van der Waals surface area contributed by atoms with E-state index in [-0.39, 0.29) is 5.75 Å². The number of hydrogen-bond donors (Lipinski definition) is 2. The summed E-state index contributed by atoms with van der Waals surface area (Å²) in [5.41, 5.74) is 5.74. The third-order valence-electron chi connectivity index (χ3n) is 2.04. The van der Waals surface area contributed by atoms with E-state index in [1.807, 2.05) is 0 Å². The van der Waals surface area contributed by atoms with Gasteiger partial charge in [0.15, 0.2) is 11.6 Å². The average molecular weight is 278 g/mol. The SMILES string of the molecule is COc1c(F)cc(Br)cc1[C@@H](O)CCN. The van der Waals surface area contributed by atoms with E-state index in [9.17, 15) is 9.50 Å². The zero-order chi connectivity index (χ0) is 11.4. The van der Waals surface area contributed by atoms with Crippen molar-refractivity contribution in [2.45, 2.75) is 12.5 Å². The van der Waals surface area contributed by atoms with E-state index in [1.54, 1.807) is 6.07 Å². The summed E-state index contributed by atoms with van der Waals surface area (Å²) in [5.74, 6) is -0.433. The number of aliphatic hydroxyl groups excluding tert-OH is 1. The van der Waals surface area contributed by atoms with E-state index in [0.717, 1.165) is 0 Å². The summed E-state index contributed by atoms with van der Waals surface area (Å²) in [6, 6.07) is 2.92. The Morgan fingerprint density at radius 3 is 2.80 bits per heavy atom. The lowest BCUT2D eigenvalue weighted by Gasteiger charge is -2.15. The number of benzene rings is 1. The smallest absolute Gasteiger partial charge is 0.166 e. The minimum absolute atomic E-state index is 0.0687. The maximum Gasteiger partial charge on any atom is 0.166 e. The van der Waals surface area contributed by atoms with Gasteiger partial charge in [-0.25, -0.2) is 4.39 Å². The number of aliphatic hydroxyl groups is 1. The van der Waals surface area contributed by atoms with Crippen LogP contribution in [0.4, 0.5) is 4.39 Å². The molecule has 1 aromatic carbocycles. The van der Waals surface area contributed by atoms with Crippen LogP contribution in [-0.4, -0.2) is 18.8 Å². The molecular formula is C10H13BrFNO2. The van der Waals surface area contributed by atoms with Gasteiger partial charge in [0.1, 0.15) is 0 Å². The summed E-state index contributed by atoms with van der Waals surface area (Å²) in [5, 5.41) is 9.73. The lowest BCUT2D eigenvalue weighted by Crippen LogP contribution is -2.08. The van der Waals surface area contributed by atoms with Crippen LogP contribution in [0, 0.1) is 5.82 Å². The van der Waals surface area contributed by atoms with Crippen molar-refractivity contribution < 1.29 is 14.2 Å². The number of halogens is 2. The van der Waals surface area contributed by atoms with Gasteiger partial charge in [-0.05, 0) is 25.1 Å². The molecule has 0 radical (unpaired) electrons. The highest BCUT2D eigenvalue weighted by Gasteiger charge is 2.17. The van der Waals surface area contributed by atoms with Crippen molar-refractivity contribution in [3.05, 3.63) is 28.0 Å². The highest BCUT2D eigenvalue weighted by Crippen LogP contribution is 2.32. The molecule has 1 aromatic rings. The normalized spacial score (nSPS) is 12.6. The first-order valence-electron chi connectivity index (χ1n) is 4.51. The van der Waals surface area contributed by atoms with Crippen LogP contribution in [0.5, 0.6) is 5.75 Å². The van der Waals surface area contributed by atoms with Crippen LogP contribution in [0.15, 0.2) is 16.6 Å². The predicted octanol–water partition coefficient (Wildman–Crippen LogP) is 1.98. The summed E-state index contributed by atoms with van der Waals surface area (Å²) in [7, 11) is 1.37. The monoisotopic (exact) mass is 277 g/mol. The Morgan fingerprint density at radius 1 is 1.60 bits per heavy atom. The zero-order valence-corrected chi connectivity index (χ0v) is 9.92. The lowest BCUT2D eigenvalue weighted by atomic mass is 10.1. The van der Waals surface area contributed by atoms with Crippen molar-refractivity contribution >= 4 is 15.9 Å². The number of hydrogen-bond acceptors (Lipinski definition) is 3. The second kappa shape index (κ2) is 5.44. The second-order valence-electron chi connectivity index (χ2n) is 3.10. The van der Waals surface area contributed by atoms with Gasteiger partial charge < -0.3 is 15.6 Å². The molecule has 0 aromatic heterocycles. The molecule has 5 heteroatoms. The van der Waals surface area contributed by atoms with Gasteiger partial charge in [-0.1, -0.05) is 15.9 Å². The van der Waals surface area contributed by atoms with Gasteiger partial charge >= 0.3 is 0 Å². The van der Waals surface area contributed by atoms with Gasteiger partial charge in [-0.2, -0.15) is 0 Å². The molecule has 3 N–H and O–H groups in total. The van der Waals surface area contributed by atoms with Crippen molar-refractivity contribution in [2.24, 2.45) is 5.73 Å². The standard InChI is InChI=1S/C10H13BrFNO2/c1-15-10-7(9(14)2-3-13)4-6(11)5-8(10)12/h4-5,9,14H,2-3,13H2,1H3/t9-/m0/s1. The van der Waals surface area contributed by atoms with Gasteiger partial charge in [0.25, 0.3) is 0 Å². The molecule has 1 rings (SSSR count). The fourth-order valence-corrected chi connectivity index (χ4v) is 1.80. The first-order valence-corrected chi connectivity index (χ1v) is 5.30. The number of methoxy groups -OCH3 is 1. The molecule has 0 bridgehead atoms. The molecule has 3 nitrogen and oxygen atoms in total. The lowest BCUT2D eigenvalue weighted by molar-refractivity contribution is 0.165. The minimum Gasteiger partial charge on any atom is -0.493 e. The van der Waals surface area contributed by atoms with Crippen LogP contribution in [0.1, 0.15) is 18.1 Å². The second-order valence-corrected chi connectivity index (χ2v) is 4.02. The van der Waals surface area contributed by atoms with Crippen LogP contribution in [-0.2, 0) is 0 Å². The summed E-state index contributed by atoms with van der Waals surface area (Å²) >= 11 is 3.16. The largest absolute Gasteiger partial charge is 0.493 e. The summed E-state index contributed by atoms with van der Waals surface area (Å²) in [6.07, 6.45) is -0.441. The Bertz CT molecular complexity index is 346. The van der Waals surface area contributed by atoms with Crippen LogP contribution in [0.25, 0.3) is 0 Å². The molecule has 0 fully saturated rings. The molecule has 0 saturated heterocycles. The minimum atomic E-state index is -0.808. The maximum atomic E-state index is 13.4. The number of ether oxygens (including phenoxy) is 1. The third kappa shape index (κ3) is 2.90. The zero-order valence-electron chi connectivity index (χ0n) is 8.34. The Labute approximate surface area is 96.2 Å². The Hall–Kier alpha value is -0.650. The van der Waals surface area contributed by atoms with Crippen LogP contribution in [0.3, 0.4) is 0 Å². The topological polar surface area (TPSA) is 55.5 Å². The third-order valence-corrected chi connectivity index (χ3v) is 2.50. The van der Waals surface area contributed by atoms with Crippen LogP contribution < -0.4 is 10.5 Å². The van der Waals surface area contributed by atoms with Gasteiger partial charge in [0.05, 0.1) is 13.2 Å². The van der Waals surface area contributed by atoms with Crippen molar-refractivity contribution in [1.29, 1.82) is 0 Å². The Morgan fingerprint density at radius 2 is 2.27 bits per heavy atom. The molecule has 0 saturated carbocycles. The highest BCUT2D eigenvalue weighted by molar-refractivity contribution is 9.10. The van der Waals surface area contributed by atoms with Crippen LogP contribution >= 0.6 is 15.9 Å². The van der Waals surface area contributed by atoms with E-state index >= 15 is 0 Å². The van der Waals surface area contributed by atoms with E-state index in [0.29, 0.717) is 23.0 Å². The molecule has 0 heterocycles. The molecule has 0 amide bonds. The molecule has 15 heavy (non-hydrogen) atoms. The fraction of sp³-hybridized carbons (Fsp3) is 0.400. The molecule has 0 spiro atoms. The predicted molar refractivity (Wildman–Crippen MR) is 59.3 cm³/mol. The average Bonchev–Trinajstić information content (AvgIpc) is 2.17. The molecule has 0 aliphatic rings. The summed E-state index contributed by atoms with van der Waals surface area (Å²) in [4.78, 5) is 0.